The topological polar surface area (TPSA) is 61.3 Å². The highest BCUT2D eigenvalue weighted by Gasteiger charge is 2.16. The average Bonchev–Trinajstić information content (AvgIpc) is 3.23. The second kappa shape index (κ2) is 8.73. The number of hydrogen-bond donors (Lipinski definition) is 2. The van der Waals surface area contributed by atoms with E-state index in [0.29, 0.717) is 34.3 Å². The van der Waals surface area contributed by atoms with Crippen LogP contribution >= 0.6 is 23.8 Å². The van der Waals surface area contributed by atoms with Crippen molar-refractivity contribution in [2.75, 3.05) is 5.32 Å². The molecule has 0 saturated carbocycles. The van der Waals surface area contributed by atoms with Crippen molar-refractivity contribution in [1.82, 2.24) is 9.88 Å². The van der Waals surface area contributed by atoms with Gasteiger partial charge in [-0.25, -0.2) is 0 Å². The SMILES string of the molecule is Cc1cc2cc(CN(Cc3ccco3)C(=S)Nc3ccccc3)c(=O)[nH]c2cc1Cl. The Morgan fingerprint density at radius 3 is 2.67 bits per heavy atom. The number of aryl methyl sites for hydroxylation is 1. The van der Waals surface area contributed by atoms with Gasteiger partial charge < -0.3 is 19.6 Å². The van der Waals surface area contributed by atoms with E-state index in [9.17, 15) is 4.79 Å². The molecular weight excluding hydrogens is 418 g/mol. The molecule has 0 saturated heterocycles. The lowest BCUT2D eigenvalue weighted by Gasteiger charge is -2.25. The van der Waals surface area contributed by atoms with Gasteiger partial charge >= 0.3 is 0 Å². The highest BCUT2D eigenvalue weighted by Crippen LogP contribution is 2.22. The Labute approximate surface area is 184 Å². The number of thiocarbonyl (C=S) groups is 1. The minimum absolute atomic E-state index is 0.172. The van der Waals surface area contributed by atoms with Crippen LogP contribution in [0.4, 0.5) is 5.69 Å². The molecule has 0 aliphatic rings. The molecule has 0 aliphatic heterocycles. The van der Waals surface area contributed by atoms with E-state index in [0.717, 1.165) is 22.4 Å². The lowest BCUT2D eigenvalue weighted by Crippen LogP contribution is -2.35. The molecule has 4 rings (SSSR count). The molecule has 0 aliphatic carbocycles. The van der Waals surface area contributed by atoms with E-state index in [1.165, 1.54) is 0 Å². The van der Waals surface area contributed by atoms with Crippen LogP contribution in [0.15, 0.2) is 76.1 Å². The molecule has 2 aromatic heterocycles. The molecule has 0 atom stereocenters. The van der Waals surface area contributed by atoms with Crippen LogP contribution in [0.5, 0.6) is 0 Å². The quantitative estimate of drug-likeness (QED) is 0.405. The van der Waals surface area contributed by atoms with Gasteiger partial charge in [0, 0.05) is 21.8 Å². The van der Waals surface area contributed by atoms with Gasteiger partial charge in [-0.15, -0.1) is 0 Å². The molecule has 0 amide bonds. The molecular formula is C23H20ClN3O2S. The predicted molar refractivity (Wildman–Crippen MR) is 125 cm³/mol. The number of rotatable bonds is 5. The summed E-state index contributed by atoms with van der Waals surface area (Å²) in [6.07, 6.45) is 1.62. The summed E-state index contributed by atoms with van der Waals surface area (Å²) >= 11 is 11.8. The smallest absolute Gasteiger partial charge is 0.253 e. The van der Waals surface area contributed by atoms with Gasteiger partial charge in [0.2, 0.25) is 0 Å². The fourth-order valence-corrected chi connectivity index (χ4v) is 3.64. The number of nitrogens with one attached hydrogen (secondary N) is 2. The first-order valence-corrected chi connectivity index (χ1v) is 10.2. The van der Waals surface area contributed by atoms with Crippen LogP contribution in [0.25, 0.3) is 10.9 Å². The highest BCUT2D eigenvalue weighted by atomic mass is 35.5. The lowest BCUT2D eigenvalue weighted by molar-refractivity contribution is 0.359. The number of nitrogens with zero attached hydrogens (tertiary/aromatic N) is 1. The maximum absolute atomic E-state index is 12.7. The van der Waals surface area contributed by atoms with Gasteiger partial charge in [-0.3, -0.25) is 4.79 Å². The van der Waals surface area contributed by atoms with Crippen molar-refractivity contribution < 1.29 is 4.42 Å². The summed E-state index contributed by atoms with van der Waals surface area (Å²) in [7, 11) is 0. The van der Waals surface area contributed by atoms with Crippen molar-refractivity contribution in [3.63, 3.8) is 0 Å². The number of benzene rings is 2. The van der Waals surface area contributed by atoms with Crippen molar-refractivity contribution in [1.29, 1.82) is 0 Å². The number of pyridine rings is 1. The molecule has 2 heterocycles. The first-order valence-electron chi connectivity index (χ1n) is 9.45. The van der Waals surface area contributed by atoms with Gasteiger partial charge in [0.15, 0.2) is 5.11 Å². The minimum Gasteiger partial charge on any atom is -0.467 e. The van der Waals surface area contributed by atoms with E-state index >= 15 is 0 Å². The molecule has 0 radical (unpaired) electrons. The maximum Gasteiger partial charge on any atom is 0.253 e. The number of furan rings is 1. The van der Waals surface area contributed by atoms with E-state index in [1.807, 2.05) is 66.4 Å². The Bertz CT molecular complexity index is 1240. The predicted octanol–water partition coefficient (Wildman–Crippen LogP) is 5.48. The summed E-state index contributed by atoms with van der Waals surface area (Å²) in [5.41, 5.74) is 2.98. The van der Waals surface area contributed by atoms with E-state index in [1.54, 1.807) is 12.3 Å². The summed E-state index contributed by atoms with van der Waals surface area (Å²) in [5.74, 6) is 0.757. The summed E-state index contributed by atoms with van der Waals surface area (Å²) < 4.78 is 5.50. The van der Waals surface area contributed by atoms with Gasteiger partial charge in [0.05, 0.1) is 19.4 Å². The Morgan fingerprint density at radius 1 is 1.13 bits per heavy atom. The highest BCUT2D eigenvalue weighted by molar-refractivity contribution is 7.80. The standard InChI is InChI=1S/C23H20ClN3O2S/c1-15-10-16-11-17(22(28)26-21(16)12-20(15)24)13-27(14-19-8-5-9-29-19)23(30)25-18-6-3-2-4-7-18/h2-12H,13-14H2,1H3,(H,25,30)(H,26,28). The van der Waals surface area contributed by atoms with Crippen molar-refractivity contribution in [2.24, 2.45) is 0 Å². The van der Waals surface area contributed by atoms with E-state index < -0.39 is 0 Å². The number of hydrogen-bond acceptors (Lipinski definition) is 3. The Hall–Kier alpha value is -3.09. The molecule has 2 aromatic carbocycles. The van der Waals surface area contributed by atoms with Crippen LogP contribution in [-0.4, -0.2) is 15.0 Å². The van der Waals surface area contributed by atoms with Gasteiger partial charge in [0.1, 0.15) is 5.76 Å². The third kappa shape index (κ3) is 4.56. The van der Waals surface area contributed by atoms with Crippen LogP contribution in [0.3, 0.4) is 0 Å². The van der Waals surface area contributed by atoms with E-state index in [2.05, 4.69) is 10.3 Å². The average molecular weight is 438 g/mol. The van der Waals surface area contributed by atoms with Gasteiger partial charge in [-0.05, 0) is 72.6 Å². The molecule has 2 N–H and O–H groups in total. The molecule has 4 aromatic rings. The molecule has 0 bridgehead atoms. The molecule has 0 fully saturated rings. The number of halogens is 1. The van der Waals surface area contributed by atoms with Crippen LogP contribution < -0.4 is 10.9 Å². The van der Waals surface area contributed by atoms with Crippen molar-refractivity contribution in [2.45, 2.75) is 20.0 Å². The van der Waals surface area contributed by atoms with Crippen LogP contribution in [0.2, 0.25) is 5.02 Å². The number of anilines is 1. The zero-order chi connectivity index (χ0) is 21.1. The van der Waals surface area contributed by atoms with E-state index in [4.69, 9.17) is 28.2 Å². The Morgan fingerprint density at radius 2 is 1.93 bits per heavy atom. The molecule has 0 unspecified atom stereocenters. The summed E-state index contributed by atoms with van der Waals surface area (Å²) in [4.78, 5) is 17.6. The summed E-state index contributed by atoms with van der Waals surface area (Å²) in [5, 5.41) is 5.28. The van der Waals surface area contributed by atoms with Crippen molar-refractivity contribution in [3.05, 3.63) is 99.2 Å². The molecule has 5 nitrogen and oxygen atoms in total. The monoisotopic (exact) mass is 437 g/mol. The zero-order valence-electron chi connectivity index (χ0n) is 16.3. The van der Waals surface area contributed by atoms with Crippen LogP contribution in [0, 0.1) is 6.92 Å². The second-order valence-electron chi connectivity index (χ2n) is 7.04. The first-order chi connectivity index (χ1) is 14.5. The Kier molecular flexibility index (Phi) is 5.88. The number of para-hydroxylation sites is 1. The number of aromatic amines is 1. The number of fused-ring (bicyclic) bond motifs is 1. The molecule has 152 valence electrons. The third-order valence-corrected chi connectivity index (χ3v) is 5.57. The fraction of sp³-hybridized carbons (Fsp3) is 0.130. The van der Waals surface area contributed by atoms with Gasteiger partial charge in [0.25, 0.3) is 5.56 Å². The van der Waals surface area contributed by atoms with Crippen molar-refractivity contribution >= 4 is 45.5 Å². The van der Waals surface area contributed by atoms with E-state index in [-0.39, 0.29) is 5.56 Å². The second-order valence-corrected chi connectivity index (χ2v) is 7.84. The Balaban J connectivity index is 1.65. The molecule has 7 heteroatoms. The number of H-pyrrole nitrogens is 1. The molecule has 30 heavy (non-hydrogen) atoms. The minimum atomic E-state index is -0.172. The normalized spacial score (nSPS) is 10.9. The summed E-state index contributed by atoms with van der Waals surface area (Å²) in [6, 6.07) is 19.0. The number of aromatic nitrogens is 1. The van der Waals surface area contributed by atoms with Crippen molar-refractivity contribution in [3.8, 4) is 0 Å². The third-order valence-electron chi connectivity index (χ3n) is 4.80. The largest absolute Gasteiger partial charge is 0.467 e. The van der Waals surface area contributed by atoms with Crippen LogP contribution in [0.1, 0.15) is 16.9 Å². The zero-order valence-corrected chi connectivity index (χ0v) is 17.9. The van der Waals surface area contributed by atoms with Gasteiger partial charge in [-0.1, -0.05) is 29.8 Å². The van der Waals surface area contributed by atoms with Crippen LogP contribution in [-0.2, 0) is 13.1 Å². The fourth-order valence-electron chi connectivity index (χ4n) is 3.22. The van der Waals surface area contributed by atoms with Gasteiger partial charge in [-0.2, -0.15) is 0 Å². The lowest BCUT2D eigenvalue weighted by atomic mass is 10.1. The maximum atomic E-state index is 12.7. The molecule has 0 spiro atoms. The first kappa shape index (κ1) is 20.2. The summed E-state index contributed by atoms with van der Waals surface area (Å²) in [6.45, 7) is 2.70.